The van der Waals surface area contributed by atoms with Gasteiger partial charge in [-0.1, -0.05) is 12.1 Å². The molecular formula is C15H23N3. The Morgan fingerprint density at radius 3 is 2.61 bits per heavy atom. The zero-order chi connectivity index (χ0) is 13.1. The lowest BCUT2D eigenvalue weighted by atomic mass is 10.1. The predicted octanol–water partition coefficient (Wildman–Crippen LogP) is 3.29. The lowest BCUT2D eigenvalue weighted by molar-refractivity contribution is 0.555. The van der Waals surface area contributed by atoms with Gasteiger partial charge < -0.3 is 10.3 Å². The van der Waals surface area contributed by atoms with Crippen molar-refractivity contribution in [3.05, 3.63) is 30.1 Å². The number of benzene rings is 1. The van der Waals surface area contributed by atoms with E-state index < -0.39 is 0 Å². The largest absolute Gasteiger partial charge is 0.328 e. The Kier molecular flexibility index (Phi) is 4.02. The molecule has 0 amide bonds. The number of fused-ring (bicyclic) bond motifs is 1. The number of para-hydroxylation sites is 2. The highest BCUT2D eigenvalue weighted by Gasteiger charge is 2.12. The maximum absolute atomic E-state index is 5.80. The average molecular weight is 245 g/mol. The van der Waals surface area contributed by atoms with Crippen LogP contribution in [0.15, 0.2) is 24.3 Å². The Bertz CT molecular complexity index is 511. The number of hydrogen-bond acceptors (Lipinski definition) is 2. The van der Waals surface area contributed by atoms with Crippen LogP contribution >= 0.6 is 0 Å². The second-order valence-electron chi connectivity index (χ2n) is 5.35. The van der Waals surface area contributed by atoms with Crippen molar-refractivity contribution in [1.82, 2.24) is 9.55 Å². The summed E-state index contributed by atoms with van der Waals surface area (Å²) in [5.41, 5.74) is 8.14. The molecule has 1 heterocycles. The Balaban J connectivity index is 2.28. The van der Waals surface area contributed by atoms with Crippen LogP contribution in [0.4, 0.5) is 0 Å². The van der Waals surface area contributed by atoms with Gasteiger partial charge in [-0.25, -0.2) is 4.98 Å². The molecule has 1 aromatic heterocycles. The van der Waals surface area contributed by atoms with Crippen molar-refractivity contribution in [2.45, 2.75) is 52.1 Å². The maximum atomic E-state index is 5.80. The van der Waals surface area contributed by atoms with Crippen LogP contribution in [-0.4, -0.2) is 15.6 Å². The number of hydrogen-bond donors (Lipinski definition) is 1. The van der Waals surface area contributed by atoms with Crippen LogP contribution in [-0.2, 0) is 6.42 Å². The minimum absolute atomic E-state index is 0.280. The van der Waals surface area contributed by atoms with Gasteiger partial charge in [-0.2, -0.15) is 0 Å². The van der Waals surface area contributed by atoms with E-state index in [1.807, 2.05) is 6.07 Å². The van der Waals surface area contributed by atoms with Gasteiger partial charge in [0, 0.05) is 18.5 Å². The van der Waals surface area contributed by atoms with Crippen molar-refractivity contribution >= 4 is 11.0 Å². The fourth-order valence-electron chi connectivity index (χ4n) is 2.43. The molecule has 0 saturated heterocycles. The maximum Gasteiger partial charge on any atom is 0.110 e. The summed E-state index contributed by atoms with van der Waals surface area (Å²) in [6, 6.07) is 9.09. The van der Waals surface area contributed by atoms with Gasteiger partial charge >= 0.3 is 0 Å². The normalized spacial score (nSPS) is 13.4. The van der Waals surface area contributed by atoms with Crippen LogP contribution in [0.1, 0.15) is 45.5 Å². The molecule has 2 N–H and O–H groups in total. The van der Waals surface area contributed by atoms with E-state index in [2.05, 4.69) is 43.5 Å². The molecular weight excluding hydrogens is 222 g/mol. The summed E-state index contributed by atoms with van der Waals surface area (Å²) in [7, 11) is 0. The first-order valence-electron chi connectivity index (χ1n) is 6.81. The van der Waals surface area contributed by atoms with E-state index in [1.165, 1.54) is 11.3 Å². The summed E-state index contributed by atoms with van der Waals surface area (Å²) in [5.74, 6) is 1.19. The van der Waals surface area contributed by atoms with Crippen molar-refractivity contribution in [3.63, 3.8) is 0 Å². The number of aromatic nitrogens is 2. The molecule has 98 valence electrons. The molecule has 0 bridgehead atoms. The van der Waals surface area contributed by atoms with Crippen LogP contribution in [0.25, 0.3) is 11.0 Å². The molecule has 18 heavy (non-hydrogen) atoms. The Morgan fingerprint density at radius 1 is 1.22 bits per heavy atom. The zero-order valence-corrected chi connectivity index (χ0v) is 11.6. The number of rotatable bonds is 5. The molecule has 0 fully saturated rings. The van der Waals surface area contributed by atoms with Gasteiger partial charge in [0.2, 0.25) is 0 Å². The summed E-state index contributed by atoms with van der Waals surface area (Å²) >= 11 is 0. The number of nitrogens with zero attached hydrogens (tertiary/aromatic N) is 2. The van der Waals surface area contributed by atoms with Crippen LogP contribution in [0.5, 0.6) is 0 Å². The number of aryl methyl sites for hydroxylation is 1. The number of nitrogens with two attached hydrogens (primary N) is 1. The molecule has 1 aromatic carbocycles. The first-order valence-corrected chi connectivity index (χ1v) is 6.81. The average Bonchev–Trinajstić information content (AvgIpc) is 2.66. The van der Waals surface area contributed by atoms with Crippen LogP contribution < -0.4 is 5.73 Å². The molecule has 2 rings (SSSR count). The third kappa shape index (κ3) is 2.72. The van der Waals surface area contributed by atoms with Crippen LogP contribution in [0.2, 0.25) is 0 Å². The number of imidazole rings is 1. The van der Waals surface area contributed by atoms with Gasteiger partial charge in [0.15, 0.2) is 0 Å². The molecule has 0 aliphatic carbocycles. The lowest BCUT2D eigenvalue weighted by Crippen LogP contribution is -2.15. The summed E-state index contributed by atoms with van der Waals surface area (Å²) in [5, 5.41) is 0. The molecule has 0 spiro atoms. The third-order valence-electron chi connectivity index (χ3n) is 3.25. The molecule has 0 saturated carbocycles. The van der Waals surface area contributed by atoms with Gasteiger partial charge in [-0.15, -0.1) is 0 Å². The first-order chi connectivity index (χ1) is 8.59. The fraction of sp³-hybridized carbons (Fsp3) is 0.533. The molecule has 0 aliphatic rings. The predicted molar refractivity (Wildman–Crippen MR) is 76.7 cm³/mol. The van der Waals surface area contributed by atoms with Crippen molar-refractivity contribution < 1.29 is 0 Å². The minimum Gasteiger partial charge on any atom is -0.328 e. The SMILES string of the molecule is CC(N)CCCc1nc2ccccc2n1C(C)C. The minimum atomic E-state index is 0.280. The standard InChI is InChI=1S/C15H23N3/c1-11(2)18-14-9-5-4-8-13(14)17-15(18)10-6-7-12(3)16/h4-5,8-9,11-12H,6-7,10,16H2,1-3H3. The van der Waals surface area contributed by atoms with Gasteiger partial charge in [0.25, 0.3) is 0 Å². The van der Waals surface area contributed by atoms with E-state index in [0.717, 1.165) is 24.8 Å². The summed E-state index contributed by atoms with van der Waals surface area (Å²) < 4.78 is 2.34. The molecule has 1 atom stereocenters. The monoisotopic (exact) mass is 245 g/mol. The fourth-order valence-corrected chi connectivity index (χ4v) is 2.43. The van der Waals surface area contributed by atoms with Crippen molar-refractivity contribution in [3.8, 4) is 0 Å². The van der Waals surface area contributed by atoms with E-state index >= 15 is 0 Å². The van der Waals surface area contributed by atoms with Gasteiger partial charge in [-0.05, 0) is 45.7 Å². The lowest BCUT2D eigenvalue weighted by Gasteiger charge is -2.13. The Morgan fingerprint density at radius 2 is 1.94 bits per heavy atom. The van der Waals surface area contributed by atoms with E-state index in [0.29, 0.717) is 6.04 Å². The van der Waals surface area contributed by atoms with Gasteiger partial charge in [0.1, 0.15) is 5.82 Å². The van der Waals surface area contributed by atoms with Crippen LogP contribution in [0, 0.1) is 0 Å². The summed E-state index contributed by atoms with van der Waals surface area (Å²) in [6.45, 7) is 6.48. The van der Waals surface area contributed by atoms with Gasteiger partial charge in [-0.3, -0.25) is 0 Å². The summed E-state index contributed by atoms with van der Waals surface area (Å²) in [6.07, 6.45) is 3.17. The molecule has 1 unspecified atom stereocenters. The van der Waals surface area contributed by atoms with Crippen molar-refractivity contribution in [2.24, 2.45) is 5.73 Å². The van der Waals surface area contributed by atoms with Crippen molar-refractivity contribution in [2.75, 3.05) is 0 Å². The van der Waals surface area contributed by atoms with Crippen LogP contribution in [0.3, 0.4) is 0 Å². The molecule has 0 radical (unpaired) electrons. The summed E-state index contributed by atoms with van der Waals surface area (Å²) in [4.78, 5) is 4.75. The van der Waals surface area contributed by atoms with E-state index in [-0.39, 0.29) is 6.04 Å². The molecule has 3 heteroatoms. The quantitative estimate of drug-likeness (QED) is 0.878. The Hall–Kier alpha value is -1.35. The van der Waals surface area contributed by atoms with E-state index in [9.17, 15) is 0 Å². The molecule has 0 aliphatic heterocycles. The smallest absolute Gasteiger partial charge is 0.110 e. The topological polar surface area (TPSA) is 43.8 Å². The molecule has 2 aromatic rings. The van der Waals surface area contributed by atoms with Crippen molar-refractivity contribution in [1.29, 1.82) is 0 Å². The highest BCUT2D eigenvalue weighted by molar-refractivity contribution is 5.76. The molecule has 3 nitrogen and oxygen atoms in total. The highest BCUT2D eigenvalue weighted by Crippen LogP contribution is 2.22. The van der Waals surface area contributed by atoms with Gasteiger partial charge in [0.05, 0.1) is 11.0 Å². The highest BCUT2D eigenvalue weighted by atomic mass is 15.1. The van der Waals surface area contributed by atoms with E-state index in [1.54, 1.807) is 0 Å². The second-order valence-corrected chi connectivity index (χ2v) is 5.35. The van der Waals surface area contributed by atoms with E-state index in [4.69, 9.17) is 10.7 Å². The first kappa shape index (κ1) is 13.1. The Labute approximate surface area is 109 Å². The second kappa shape index (κ2) is 5.53. The zero-order valence-electron chi connectivity index (χ0n) is 11.6. The third-order valence-corrected chi connectivity index (χ3v) is 3.25.